The van der Waals surface area contributed by atoms with Gasteiger partial charge in [0.15, 0.2) is 11.5 Å². The summed E-state index contributed by atoms with van der Waals surface area (Å²) in [6.07, 6.45) is 7.56. The Morgan fingerprint density at radius 1 is 1.12 bits per heavy atom. The highest BCUT2D eigenvalue weighted by Gasteiger charge is 2.26. The van der Waals surface area contributed by atoms with Crippen molar-refractivity contribution >= 4 is 17.5 Å². The quantitative estimate of drug-likeness (QED) is 0.556. The maximum atomic E-state index is 8.14. The van der Waals surface area contributed by atoms with Crippen LogP contribution in [0.3, 0.4) is 0 Å². The second-order valence-electron chi connectivity index (χ2n) is 8.63. The van der Waals surface area contributed by atoms with Gasteiger partial charge < -0.3 is 30.4 Å². The molecule has 2 aliphatic heterocycles. The van der Waals surface area contributed by atoms with Crippen LogP contribution in [0.25, 0.3) is 5.57 Å². The number of piperidine rings is 1. The second-order valence-corrected chi connectivity index (χ2v) is 8.63. The fraction of sp³-hybridized carbons (Fsp3) is 0.423. The standard InChI is InChI=1S/C26H34N4O2/c1-18-8-9-22-23(30(18)2)11-10-21(19(16-27)17-29-20-12-14-28-15-13-20)26(22)32-25-7-5-4-6-24(25)31-3/h4-7,10-11,16-18,20,27-29H,8-9,12-15H2,1-3H3/b19-17+,27-16?. The Morgan fingerprint density at radius 3 is 2.59 bits per heavy atom. The molecule has 2 aromatic carbocycles. The van der Waals surface area contributed by atoms with Crippen LogP contribution in [0.4, 0.5) is 5.69 Å². The van der Waals surface area contributed by atoms with Crippen molar-refractivity contribution in [3.63, 3.8) is 0 Å². The zero-order chi connectivity index (χ0) is 22.5. The van der Waals surface area contributed by atoms with E-state index in [2.05, 4.69) is 41.6 Å². The van der Waals surface area contributed by atoms with Crippen LogP contribution in [0.15, 0.2) is 42.6 Å². The van der Waals surface area contributed by atoms with Crippen molar-refractivity contribution in [3.05, 3.63) is 53.7 Å². The molecule has 0 saturated carbocycles. The molecule has 0 amide bonds. The van der Waals surface area contributed by atoms with Crippen LogP contribution in [-0.2, 0) is 6.42 Å². The lowest BCUT2D eigenvalue weighted by Crippen LogP contribution is -2.37. The summed E-state index contributed by atoms with van der Waals surface area (Å²) in [4.78, 5) is 2.32. The Hall–Kier alpha value is -2.99. The third kappa shape index (κ3) is 4.60. The lowest BCUT2D eigenvalue weighted by Gasteiger charge is -2.35. The van der Waals surface area contributed by atoms with Gasteiger partial charge in [-0.1, -0.05) is 12.1 Å². The molecule has 2 aliphatic rings. The Bertz CT molecular complexity index is 982. The van der Waals surface area contributed by atoms with E-state index in [0.717, 1.165) is 55.7 Å². The number of ether oxygens (including phenoxy) is 2. The molecule has 0 aromatic heterocycles. The minimum atomic E-state index is 0.425. The van der Waals surface area contributed by atoms with Crippen molar-refractivity contribution in [2.75, 3.05) is 32.1 Å². The molecule has 3 N–H and O–H groups in total. The lowest BCUT2D eigenvalue weighted by atomic mass is 9.92. The monoisotopic (exact) mass is 434 g/mol. The van der Waals surface area contributed by atoms with Crippen LogP contribution < -0.4 is 25.0 Å². The second kappa shape index (κ2) is 10.1. The van der Waals surface area contributed by atoms with E-state index in [1.165, 1.54) is 17.5 Å². The van der Waals surface area contributed by atoms with Crippen LogP contribution >= 0.6 is 0 Å². The zero-order valence-corrected chi connectivity index (χ0v) is 19.3. The molecule has 6 heteroatoms. The van der Waals surface area contributed by atoms with Gasteiger partial charge in [-0.3, -0.25) is 0 Å². The number of hydrogen-bond acceptors (Lipinski definition) is 6. The topological polar surface area (TPSA) is 69.6 Å². The smallest absolute Gasteiger partial charge is 0.169 e. The van der Waals surface area contributed by atoms with Gasteiger partial charge >= 0.3 is 0 Å². The Kier molecular flexibility index (Phi) is 7.00. The largest absolute Gasteiger partial charge is 0.493 e. The number of hydrogen-bond donors (Lipinski definition) is 3. The third-order valence-corrected chi connectivity index (χ3v) is 6.65. The van der Waals surface area contributed by atoms with Crippen LogP contribution in [0, 0.1) is 5.41 Å². The molecule has 1 saturated heterocycles. The van der Waals surface area contributed by atoms with Crippen molar-refractivity contribution in [3.8, 4) is 17.2 Å². The van der Waals surface area contributed by atoms with Gasteiger partial charge in [0.25, 0.3) is 0 Å². The summed E-state index contributed by atoms with van der Waals surface area (Å²) in [6.45, 7) is 4.30. The summed E-state index contributed by atoms with van der Waals surface area (Å²) >= 11 is 0. The number of nitrogens with zero attached hydrogens (tertiary/aromatic N) is 1. The molecule has 0 bridgehead atoms. The normalized spacial score (nSPS) is 19.3. The molecule has 32 heavy (non-hydrogen) atoms. The highest BCUT2D eigenvalue weighted by atomic mass is 16.5. The van der Waals surface area contributed by atoms with Gasteiger partial charge in [0.1, 0.15) is 5.75 Å². The van der Waals surface area contributed by atoms with Crippen molar-refractivity contribution in [1.29, 1.82) is 5.41 Å². The van der Waals surface area contributed by atoms with Crippen LogP contribution in [-0.4, -0.2) is 45.5 Å². The number of para-hydroxylation sites is 2. The highest BCUT2D eigenvalue weighted by molar-refractivity contribution is 6.09. The summed E-state index contributed by atoms with van der Waals surface area (Å²) in [5, 5.41) is 15.1. The Morgan fingerprint density at radius 2 is 1.88 bits per heavy atom. The molecule has 2 aromatic rings. The van der Waals surface area contributed by atoms with Gasteiger partial charge in [0, 0.05) is 53.9 Å². The zero-order valence-electron chi connectivity index (χ0n) is 19.3. The minimum Gasteiger partial charge on any atom is -0.493 e. The summed E-state index contributed by atoms with van der Waals surface area (Å²) in [6, 6.07) is 12.9. The maximum Gasteiger partial charge on any atom is 0.169 e. The van der Waals surface area contributed by atoms with E-state index >= 15 is 0 Å². The number of rotatable bonds is 7. The van der Waals surface area contributed by atoms with E-state index in [1.54, 1.807) is 7.11 Å². The molecule has 170 valence electrons. The number of allylic oxidation sites excluding steroid dienone is 1. The van der Waals surface area contributed by atoms with Gasteiger partial charge in [-0.2, -0.15) is 0 Å². The van der Waals surface area contributed by atoms with Gasteiger partial charge in [-0.15, -0.1) is 0 Å². The molecule has 6 nitrogen and oxygen atoms in total. The Balaban J connectivity index is 1.76. The average molecular weight is 435 g/mol. The first-order valence-corrected chi connectivity index (χ1v) is 11.5. The third-order valence-electron chi connectivity index (χ3n) is 6.65. The first-order chi connectivity index (χ1) is 15.6. The van der Waals surface area contributed by atoms with E-state index < -0.39 is 0 Å². The molecular weight excluding hydrogens is 400 g/mol. The Labute approximate surface area is 191 Å². The lowest BCUT2D eigenvalue weighted by molar-refractivity contribution is 0.376. The first-order valence-electron chi connectivity index (χ1n) is 11.5. The molecule has 0 spiro atoms. The van der Waals surface area contributed by atoms with Gasteiger partial charge in [0.2, 0.25) is 0 Å². The average Bonchev–Trinajstić information content (AvgIpc) is 2.83. The summed E-state index contributed by atoms with van der Waals surface area (Å²) in [5.41, 5.74) is 4.11. The van der Waals surface area contributed by atoms with Crippen molar-refractivity contribution in [2.45, 2.75) is 44.7 Å². The number of fused-ring (bicyclic) bond motifs is 1. The van der Waals surface area contributed by atoms with Crippen LogP contribution in [0.1, 0.15) is 37.3 Å². The highest BCUT2D eigenvalue weighted by Crippen LogP contribution is 2.43. The van der Waals surface area contributed by atoms with Crippen molar-refractivity contribution < 1.29 is 9.47 Å². The summed E-state index contributed by atoms with van der Waals surface area (Å²) < 4.78 is 12.1. The van der Waals surface area contributed by atoms with E-state index in [-0.39, 0.29) is 0 Å². The first kappa shape index (κ1) is 22.2. The number of anilines is 1. The van der Waals surface area contributed by atoms with Crippen molar-refractivity contribution in [1.82, 2.24) is 10.6 Å². The SMILES string of the molecule is COc1ccccc1Oc1c(/C(C=N)=C/NC2CCNCC2)ccc2c1CCC(C)N2C. The van der Waals surface area contributed by atoms with E-state index in [4.69, 9.17) is 14.9 Å². The predicted molar refractivity (Wildman–Crippen MR) is 131 cm³/mol. The number of methoxy groups -OCH3 is 1. The van der Waals surface area contributed by atoms with Crippen LogP contribution in [0.2, 0.25) is 0 Å². The molecule has 0 aliphatic carbocycles. The molecule has 1 unspecified atom stereocenters. The van der Waals surface area contributed by atoms with Crippen molar-refractivity contribution in [2.24, 2.45) is 0 Å². The van der Waals surface area contributed by atoms with E-state index in [9.17, 15) is 0 Å². The fourth-order valence-electron chi connectivity index (χ4n) is 4.52. The molecule has 2 heterocycles. The summed E-state index contributed by atoms with van der Waals surface area (Å²) in [7, 11) is 3.80. The van der Waals surface area contributed by atoms with Gasteiger partial charge in [-0.25, -0.2) is 0 Å². The van der Waals surface area contributed by atoms with E-state index in [0.29, 0.717) is 23.6 Å². The molecular formula is C26H34N4O2. The van der Waals surface area contributed by atoms with Gasteiger partial charge in [0.05, 0.1) is 7.11 Å². The molecule has 0 radical (unpaired) electrons. The number of nitrogens with one attached hydrogen (secondary N) is 3. The van der Waals surface area contributed by atoms with E-state index in [1.807, 2.05) is 30.5 Å². The number of benzene rings is 2. The molecule has 1 fully saturated rings. The minimum absolute atomic E-state index is 0.425. The van der Waals surface area contributed by atoms with Gasteiger partial charge in [-0.05, 0) is 70.0 Å². The molecule has 1 atom stereocenters. The fourth-order valence-corrected chi connectivity index (χ4v) is 4.52. The van der Waals surface area contributed by atoms with Crippen LogP contribution in [0.5, 0.6) is 17.2 Å². The predicted octanol–water partition coefficient (Wildman–Crippen LogP) is 4.59. The molecule has 4 rings (SSSR count). The summed E-state index contributed by atoms with van der Waals surface area (Å²) in [5.74, 6) is 2.19. The maximum absolute atomic E-state index is 8.14.